The molecule has 168 valence electrons. The van der Waals surface area contributed by atoms with E-state index in [4.69, 9.17) is 15.0 Å². The fourth-order valence-electron chi connectivity index (χ4n) is 3.75. The molecule has 0 radical (unpaired) electrons. The van der Waals surface area contributed by atoms with Crippen LogP contribution in [-0.4, -0.2) is 15.0 Å². The molecule has 0 amide bonds. The van der Waals surface area contributed by atoms with E-state index >= 15 is 0 Å². The molecule has 5 heteroatoms. The van der Waals surface area contributed by atoms with Crippen LogP contribution in [-0.2, 0) is 10.8 Å². The van der Waals surface area contributed by atoms with Gasteiger partial charge in [0.15, 0.2) is 0 Å². The lowest BCUT2D eigenvalue weighted by molar-refractivity contribution is 0.490. The van der Waals surface area contributed by atoms with Crippen LogP contribution in [0, 0.1) is 0 Å². The maximum absolute atomic E-state index is 4.88. The maximum Gasteiger partial charge on any atom is 0.126 e. The Morgan fingerprint density at radius 1 is 0.727 bits per heavy atom. The molecule has 0 unspecified atom stereocenters. The van der Waals surface area contributed by atoms with Crippen molar-refractivity contribution in [3.63, 3.8) is 0 Å². The molecule has 0 spiro atoms. The van der Waals surface area contributed by atoms with Gasteiger partial charge in [-0.3, -0.25) is 4.98 Å². The van der Waals surface area contributed by atoms with Crippen molar-refractivity contribution in [1.82, 2.24) is 15.0 Å². The van der Waals surface area contributed by atoms with Gasteiger partial charge in [-0.25, -0.2) is 9.97 Å². The summed E-state index contributed by atoms with van der Waals surface area (Å²) in [6, 6.07) is 17.4. The SMILES string of the molecule is CCC(C)(C)c1ccc(-c2nc3ccc(-c4ccc5nc(C(C)(C)C)sc5c4)cc3s2)cn1. The summed E-state index contributed by atoms with van der Waals surface area (Å²) in [5.74, 6) is 0. The Balaban J connectivity index is 1.48. The zero-order valence-electron chi connectivity index (χ0n) is 20.1. The van der Waals surface area contributed by atoms with Gasteiger partial charge < -0.3 is 0 Å². The molecule has 3 aromatic heterocycles. The summed E-state index contributed by atoms with van der Waals surface area (Å²) >= 11 is 3.52. The molecule has 0 saturated carbocycles. The van der Waals surface area contributed by atoms with Crippen LogP contribution in [0.3, 0.4) is 0 Å². The van der Waals surface area contributed by atoms with E-state index in [1.54, 1.807) is 22.7 Å². The Labute approximate surface area is 203 Å². The average molecular weight is 472 g/mol. The van der Waals surface area contributed by atoms with Crippen LogP contribution in [0.5, 0.6) is 0 Å². The van der Waals surface area contributed by atoms with Crippen molar-refractivity contribution in [2.24, 2.45) is 0 Å². The minimum absolute atomic E-state index is 0.0706. The predicted molar refractivity (Wildman–Crippen MR) is 143 cm³/mol. The quantitative estimate of drug-likeness (QED) is 0.263. The lowest BCUT2D eigenvalue weighted by Crippen LogP contribution is -2.17. The Morgan fingerprint density at radius 3 is 1.91 bits per heavy atom. The standard InChI is InChI=1S/C28H29N3S2/c1-7-28(5,6)24-13-10-19(16-29-24)25-30-20-11-8-17(14-22(20)32-25)18-9-12-21-23(15-18)33-26(31-21)27(2,3)4/h8-16H,7H2,1-6H3. The van der Waals surface area contributed by atoms with E-state index in [9.17, 15) is 0 Å². The van der Waals surface area contributed by atoms with Crippen molar-refractivity contribution in [2.75, 3.05) is 0 Å². The number of benzene rings is 2. The second kappa shape index (κ2) is 8.00. The zero-order valence-corrected chi connectivity index (χ0v) is 21.7. The van der Waals surface area contributed by atoms with Crippen LogP contribution >= 0.6 is 22.7 Å². The van der Waals surface area contributed by atoms with E-state index < -0.39 is 0 Å². The molecule has 2 aromatic carbocycles. The smallest absolute Gasteiger partial charge is 0.126 e. The van der Waals surface area contributed by atoms with Crippen molar-refractivity contribution in [1.29, 1.82) is 0 Å². The first-order valence-electron chi connectivity index (χ1n) is 11.4. The number of aromatic nitrogens is 3. The summed E-state index contributed by atoms with van der Waals surface area (Å²) < 4.78 is 2.43. The largest absolute Gasteiger partial charge is 0.260 e. The predicted octanol–water partition coefficient (Wildman–Crippen LogP) is 8.62. The van der Waals surface area contributed by atoms with Crippen LogP contribution < -0.4 is 0 Å². The third-order valence-electron chi connectivity index (χ3n) is 6.34. The van der Waals surface area contributed by atoms with Gasteiger partial charge in [-0.2, -0.15) is 0 Å². The summed E-state index contributed by atoms with van der Waals surface area (Å²) in [6.07, 6.45) is 3.03. The van der Waals surface area contributed by atoms with E-state index in [-0.39, 0.29) is 10.8 Å². The lowest BCUT2D eigenvalue weighted by Gasteiger charge is -2.21. The fourth-order valence-corrected chi connectivity index (χ4v) is 5.81. The lowest BCUT2D eigenvalue weighted by atomic mass is 9.86. The van der Waals surface area contributed by atoms with Crippen LogP contribution in [0.4, 0.5) is 0 Å². The van der Waals surface area contributed by atoms with Crippen molar-refractivity contribution in [2.45, 2.75) is 58.8 Å². The molecule has 3 nitrogen and oxygen atoms in total. The average Bonchev–Trinajstić information content (AvgIpc) is 3.42. The Kier molecular flexibility index (Phi) is 5.37. The molecule has 5 rings (SSSR count). The van der Waals surface area contributed by atoms with Crippen LogP contribution in [0.15, 0.2) is 54.7 Å². The minimum atomic E-state index is 0.0706. The summed E-state index contributed by atoms with van der Waals surface area (Å²) in [4.78, 5) is 14.5. The number of pyridine rings is 1. The molecular weight excluding hydrogens is 442 g/mol. The molecule has 0 bridgehead atoms. The van der Waals surface area contributed by atoms with Crippen LogP contribution in [0.25, 0.3) is 42.1 Å². The Morgan fingerprint density at radius 2 is 1.33 bits per heavy atom. The van der Waals surface area contributed by atoms with Crippen LogP contribution in [0.2, 0.25) is 0 Å². The molecule has 0 aliphatic heterocycles. The first-order valence-corrected chi connectivity index (χ1v) is 13.1. The van der Waals surface area contributed by atoms with Gasteiger partial charge >= 0.3 is 0 Å². The second-order valence-corrected chi connectivity index (χ2v) is 12.4. The fraction of sp³-hybridized carbons (Fsp3) is 0.321. The van der Waals surface area contributed by atoms with E-state index in [0.29, 0.717) is 0 Å². The van der Waals surface area contributed by atoms with Gasteiger partial charge in [0.1, 0.15) is 5.01 Å². The van der Waals surface area contributed by atoms with Gasteiger partial charge in [0.25, 0.3) is 0 Å². The van der Waals surface area contributed by atoms with E-state index in [2.05, 4.69) is 90.1 Å². The highest BCUT2D eigenvalue weighted by atomic mass is 32.1. The monoisotopic (exact) mass is 471 g/mol. The Hall–Kier alpha value is -2.63. The van der Waals surface area contributed by atoms with E-state index in [0.717, 1.165) is 33.7 Å². The summed E-state index contributed by atoms with van der Waals surface area (Å²) in [5, 5.41) is 2.20. The molecular formula is C28H29N3S2. The van der Waals surface area contributed by atoms with Gasteiger partial charge in [-0.1, -0.05) is 53.7 Å². The molecule has 5 aromatic rings. The third kappa shape index (κ3) is 4.20. The molecule has 0 atom stereocenters. The maximum atomic E-state index is 4.88. The van der Waals surface area contributed by atoms with Gasteiger partial charge in [0.2, 0.25) is 0 Å². The number of rotatable bonds is 4. The summed E-state index contributed by atoms with van der Waals surface area (Å²) in [7, 11) is 0. The Bertz CT molecular complexity index is 1450. The molecule has 0 saturated heterocycles. The summed E-state index contributed by atoms with van der Waals surface area (Å²) in [5.41, 5.74) is 6.91. The zero-order chi connectivity index (χ0) is 23.4. The number of fused-ring (bicyclic) bond motifs is 2. The highest BCUT2D eigenvalue weighted by Crippen LogP contribution is 2.36. The molecule has 33 heavy (non-hydrogen) atoms. The first-order chi connectivity index (χ1) is 15.6. The van der Waals surface area contributed by atoms with Crippen molar-refractivity contribution in [3.8, 4) is 21.7 Å². The van der Waals surface area contributed by atoms with Crippen LogP contribution in [0.1, 0.15) is 58.7 Å². The summed E-state index contributed by atoms with van der Waals surface area (Å²) in [6.45, 7) is 13.3. The number of hydrogen-bond acceptors (Lipinski definition) is 5. The van der Waals surface area contributed by atoms with E-state index in [1.165, 1.54) is 25.5 Å². The number of hydrogen-bond donors (Lipinski definition) is 0. The molecule has 0 aliphatic carbocycles. The number of nitrogens with zero attached hydrogens (tertiary/aromatic N) is 3. The van der Waals surface area contributed by atoms with Crippen molar-refractivity contribution in [3.05, 3.63) is 65.4 Å². The molecule has 0 N–H and O–H groups in total. The number of thiazole rings is 2. The third-order valence-corrected chi connectivity index (χ3v) is 8.85. The van der Waals surface area contributed by atoms with E-state index in [1.807, 2.05) is 6.20 Å². The van der Waals surface area contributed by atoms with Crippen molar-refractivity contribution >= 4 is 43.1 Å². The van der Waals surface area contributed by atoms with Gasteiger partial charge in [-0.05, 0) is 53.9 Å². The topological polar surface area (TPSA) is 38.7 Å². The molecule has 3 heterocycles. The second-order valence-electron chi connectivity index (χ2n) is 10.3. The highest BCUT2D eigenvalue weighted by molar-refractivity contribution is 7.21. The molecule has 0 aliphatic rings. The van der Waals surface area contributed by atoms with Crippen molar-refractivity contribution < 1.29 is 0 Å². The normalized spacial score (nSPS) is 12.7. The van der Waals surface area contributed by atoms with Gasteiger partial charge in [0.05, 0.1) is 25.4 Å². The van der Waals surface area contributed by atoms with Gasteiger partial charge in [-0.15, -0.1) is 22.7 Å². The minimum Gasteiger partial charge on any atom is -0.260 e. The molecule has 0 fully saturated rings. The van der Waals surface area contributed by atoms with Gasteiger partial charge in [0, 0.05) is 28.3 Å². The first kappa shape index (κ1) is 22.2. The highest BCUT2D eigenvalue weighted by Gasteiger charge is 2.20.